The highest BCUT2D eigenvalue weighted by atomic mass is 16.1. The van der Waals surface area contributed by atoms with Gasteiger partial charge in [-0.2, -0.15) is 0 Å². The van der Waals surface area contributed by atoms with Crippen LogP contribution in [-0.2, 0) is 4.79 Å². The van der Waals surface area contributed by atoms with E-state index in [2.05, 4.69) is 16.8 Å². The molecule has 0 fully saturated rings. The molecule has 2 nitrogen and oxygen atoms in total. The molecule has 0 radical (unpaired) electrons. The molecule has 0 atom stereocenters. The predicted molar refractivity (Wildman–Crippen MR) is 41.9 cm³/mol. The number of hydrogen-bond donors (Lipinski definition) is 0. The monoisotopic (exact) mass is 145 g/mol. The van der Waals surface area contributed by atoms with Crippen LogP contribution in [0.3, 0.4) is 0 Å². The quantitative estimate of drug-likeness (QED) is 0.401. The van der Waals surface area contributed by atoms with Gasteiger partial charge >= 0.3 is 0 Å². The van der Waals surface area contributed by atoms with Crippen molar-refractivity contribution >= 4 is 6.29 Å². The van der Waals surface area contributed by atoms with E-state index >= 15 is 0 Å². The second kappa shape index (κ2) is 3.52. The normalized spacial score (nSPS) is 8.09. The van der Waals surface area contributed by atoms with E-state index in [0.717, 1.165) is 11.3 Å². The minimum atomic E-state index is 0.579. The Labute approximate surface area is 65.3 Å². The summed E-state index contributed by atoms with van der Waals surface area (Å²) in [7, 11) is 0. The van der Waals surface area contributed by atoms with Crippen LogP contribution < -0.4 is 0 Å². The van der Waals surface area contributed by atoms with Gasteiger partial charge in [-0.3, -0.25) is 9.78 Å². The van der Waals surface area contributed by atoms with Gasteiger partial charge in [-0.15, -0.1) is 0 Å². The van der Waals surface area contributed by atoms with E-state index in [0.29, 0.717) is 6.29 Å². The molecule has 0 unspecified atom stereocenters. The van der Waals surface area contributed by atoms with Crippen LogP contribution in [0, 0.1) is 18.8 Å². The van der Waals surface area contributed by atoms with Gasteiger partial charge in [0.25, 0.3) is 0 Å². The van der Waals surface area contributed by atoms with Crippen molar-refractivity contribution in [3.63, 3.8) is 0 Å². The molecule has 0 amide bonds. The van der Waals surface area contributed by atoms with Gasteiger partial charge in [0.15, 0.2) is 6.29 Å². The Morgan fingerprint density at radius 1 is 1.64 bits per heavy atom. The molecule has 1 rings (SSSR count). The number of carbonyl (C=O) groups is 1. The van der Waals surface area contributed by atoms with Crippen LogP contribution in [0.4, 0.5) is 0 Å². The maximum absolute atomic E-state index is 9.87. The fourth-order valence-corrected chi connectivity index (χ4v) is 0.736. The molecule has 1 aromatic heterocycles. The molecule has 0 bridgehead atoms. The van der Waals surface area contributed by atoms with Gasteiger partial charge in [0.1, 0.15) is 0 Å². The number of carbonyl (C=O) groups excluding carboxylic acids is 1. The summed E-state index contributed by atoms with van der Waals surface area (Å²) in [6.45, 7) is 1.88. The summed E-state index contributed by atoms with van der Waals surface area (Å²) in [6.07, 6.45) is 2.25. The molecule has 0 spiro atoms. The van der Waals surface area contributed by atoms with Crippen LogP contribution in [0.15, 0.2) is 18.3 Å². The number of pyridine rings is 1. The molecule has 11 heavy (non-hydrogen) atoms. The lowest BCUT2D eigenvalue weighted by atomic mass is 10.2. The first-order chi connectivity index (χ1) is 5.33. The maximum Gasteiger partial charge on any atom is 0.193 e. The van der Waals surface area contributed by atoms with E-state index < -0.39 is 0 Å². The zero-order valence-corrected chi connectivity index (χ0v) is 6.16. The van der Waals surface area contributed by atoms with Gasteiger partial charge in [0, 0.05) is 17.5 Å². The number of aldehydes is 1. The van der Waals surface area contributed by atoms with Crippen molar-refractivity contribution in [2.24, 2.45) is 0 Å². The van der Waals surface area contributed by atoms with Crippen molar-refractivity contribution < 1.29 is 4.79 Å². The van der Waals surface area contributed by atoms with E-state index in [1.165, 1.54) is 0 Å². The Hall–Kier alpha value is -1.62. The van der Waals surface area contributed by atoms with Crippen molar-refractivity contribution in [2.75, 3.05) is 0 Å². The summed E-state index contributed by atoms with van der Waals surface area (Å²) in [5.41, 5.74) is 1.73. The van der Waals surface area contributed by atoms with Crippen molar-refractivity contribution in [2.45, 2.75) is 6.92 Å². The molecule has 0 aliphatic rings. The highest BCUT2D eigenvalue weighted by Crippen LogP contribution is 1.97. The van der Waals surface area contributed by atoms with Crippen LogP contribution in [-0.4, -0.2) is 11.3 Å². The Bertz CT molecular complexity index is 320. The molecule has 0 saturated carbocycles. The topological polar surface area (TPSA) is 30.0 Å². The lowest BCUT2D eigenvalue weighted by molar-refractivity contribution is -0.103. The zero-order chi connectivity index (χ0) is 8.10. The van der Waals surface area contributed by atoms with E-state index in [4.69, 9.17) is 0 Å². The molecule has 0 N–H and O–H groups in total. The molecule has 1 aromatic rings. The molecule has 54 valence electrons. The Balaban J connectivity index is 2.96. The maximum atomic E-state index is 9.87. The molecule has 2 heteroatoms. The Morgan fingerprint density at radius 2 is 2.45 bits per heavy atom. The van der Waals surface area contributed by atoms with Gasteiger partial charge in [0.05, 0.1) is 0 Å². The first kappa shape index (κ1) is 7.49. The van der Waals surface area contributed by atoms with E-state index in [1.54, 1.807) is 12.3 Å². The average Bonchev–Trinajstić information content (AvgIpc) is 2.01. The third-order valence-corrected chi connectivity index (χ3v) is 1.17. The highest BCUT2D eigenvalue weighted by Gasteiger charge is 1.86. The molecule has 0 aliphatic carbocycles. The lowest BCUT2D eigenvalue weighted by Crippen LogP contribution is -1.81. The van der Waals surface area contributed by atoms with E-state index in [9.17, 15) is 4.79 Å². The summed E-state index contributed by atoms with van der Waals surface area (Å²) < 4.78 is 0. The van der Waals surface area contributed by atoms with Crippen molar-refractivity contribution in [1.82, 2.24) is 4.98 Å². The van der Waals surface area contributed by atoms with Crippen LogP contribution in [0.1, 0.15) is 11.3 Å². The second-order valence-electron chi connectivity index (χ2n) is 2.07. The summed E-state index contributed by atoms with van der Waals surface area (Å²) in [5.74, 6) is 5.01. The van der Waals surface area contributed by atoms with Crippen molar-refractivity contribution in [3.8, 4) is 11.8 Å². The third kappa shape index (κ3) is 2.23. The van der Waals surface area contributed by atoms with Crippen LogP contribution in [0.2, 0.25) is 0 Å². The highest BCUT2D eigenvalue weighted by molar-refractivity contribution is 5.73. The van der Waals surface area contributed by atoms with Crippen molar-refractivity contribution in [3.05, 3.63) is 29.6 Å². The molecule has 0 aromatic carbocycles. The van der Waals surface area contributed by atoms with Crippen LogP contribution in [0.5, 0.6) is 0 Å². The summed E-state index contributed by atoms with van der Waals surface area (Å²) in [6, 6.07) is 3.60. The smallest absolute Gasteiger partial charge is 0.193 e. The number of nitrogens with zero attached hydrogens (tertiary/aromatic N) is 1. The van der Waals surface area contributed by atoms with Gasteiger partial charge in [-0.05, 0) is 25.0 Å². The third-order valence-electron chi connectivity index (χ3n) is 1.17. The second-order valence-corrected chi connectivity index (χ2v) is 2.07. The molecule has 0 saturated heterocycles. The summed E-state index contributed by atoms with van der Waals surface area (Å²) >= 11 is 0. The molecular formula is C9H7NO. The first-order valence-corrected chi connectivity index (χ1v) is 3.21. The molecule has 1 heterocycles. The Kier molecular flexibility index (Phi) is 2.40. The van der Waals surface area contributed by atoms with Crippen LogP contribution >= 0.6 is 0 Å². The molecular weight excluding hydrogens is 138 g/mol. The largest absolute Gasteiger partial charge is 0.289 e. The number of hydrogen-bond acceptors (Lipinski definition) is 2. The van der Waals surface area contributed by atoms with Gasteiger partial charge in [-0.1, -0.05) is 5.92 Å². The van der Waals surface area contributed by atoms with Gasteiger partial charge < -0.3 is 0 Å². The standard InChI is InChI=1S/C9H7NO/c1-8-7-9(3-2-6-11)4-5-10-8/h4-7H,1H3. The minimum absolute atomic E-state index is 0.579. The fourth-order valence-electron chi connectivity index (χ4n) is 0.736. The van der Waals surface area contributed by atoms with Gasteiger partial charge in [0.2, 0.25) is 0 Å². The lowest BCUT2D eigenvalue weighted by Gasteiger charge is -1.90. The summed E-state index contributed by atoms with van der Waals surface area (Å²) in [5, 5.41) is 0. The predicted octanol–water partition coefficient (Wildman–Crippen LogP) is 0.940. The first-order valence-electron chi connectivity index (χ1n) is 3.21. The zero-order valence-electron chi connectivity index (χ0n) is 6.16. The SMILES string of the molecule is Cc1cc(C#CC=O)ccn1. The van der Waals surface area contributed by atoms with Gasteiger partial charge in [-0.25, -0.2) is 0 Å². The number of aromatic nitrogens is 1. The number of rotatable bonds is 0. The molecule has 0 aliphatic heterocycles. The fraction of sp³-hybridized carbons (Fsp3) is 0.111. The average molecular weight is 145 g/mol. The van der Waals surface area contributed by atoms with Crippen molar-refractivity contribution in [1.29, 1.82) is 0 Å². The number of aryl methyl sites for hydroxylation is 1. The Morgan fingerprint density at radius 3 is 3.09 bits per heavy atom. The van der Waals surface area contributed by atoms with E-state index in [-0.39, 0.29) is 0 Å². The summed E-state index contributed by atoms with van der Waals surface area (Å²) in [4.78, 5) is 13.9. The van der Waals surface area contributed by atoms with E-state index in [1.807, 2.05) is 13.0 Å². The minimum Gasteiger partial charge on any atom is -0.289 e. The van der Waals surface area contributed by atoms with Crippen LogP contribution in [0.25, 0.3) is 0 Å².